The largest absolute Gasteiger partial charge is 0.299 e. The van der Waals surface area contributed by atoms with Gasteiger partial charge in [0.1, 0.15) is 5.78 Å². The molecule has 0 atom stereocenters. The van der Waals surface area contributed by atoms with Crippen molar-refractivity contribution in [3.63, 3.8) is 0 Å². The van der Waals surface area contributed by atoms with E-state index in [2.05, 4.69) is 23.3 Å². The molecule has 3 aromatic rings. The van der Waals surface area contributed by atoms with Gasteiger partial charge < -0.3 is 0 Å². The first-order valence-corrected chi connectivity index (χ1v) is 8.69. The Bertz CT molecular complexity index is 1030. The monoisotopic (exact) mass is 332 g/mol. The van der Waals surface area contributed by atoms with Crippen molar-refractivity contribution < 1.29 is 4.79 Å². The topological polar surface area (TPSA) is 52.0 Å². The zero-order valence-corrected chi connectivity index (χ0v) is 14.3. The van der Waals surface area contributed by atoms with Crippen LogP contribution < -0.4 is 5.56 Å². The Morgan fingerprint density at radius 1 is 1.04 bits per heavy atom. The van der Waals surface area contributed by atoms with Crippen LogP contribution in [0.3, 0.4) is 0 Å². The maximum absolute atomic E-state index is 12.6. The molecule has 25 heavy (non-hydrogen) atoms. The summed E-state index contributed by atoms with van der Waals surface area (Å²) in [5, 5.41) is 5.71. The Kier molecular flexibility index (Phi) is 3.96. The van der Waals surface area contributed by atoms with Crippen molar-refractivity contribution in [3.05, 3.63) is 75.2 Å². The fourth-order valence-electron chi connectivity index (χ4n) is 3.72. The second kappa shape index (κ2) is 6.28. The summed E-state index contributed by atoms with van der Waals surface area (Å²) in [4.78, 5) is 24.8. The van der Waals surface area contributed by atoms with Gasteiger partial charge >= 0.3 is 0 Å². The average Bonchev–Trinajstić information content (AvgIpc) is 3.07. The van der Waals surface area contributed by atoms with Crippen LogP contribution in [0.5, 0.6) is 0 Å². The summed E-state index contributed by atoms with van der Waals surface area (Å²) in [6.07, 6.45) is 4.13. The van der Waals surface area contributed by atoms with Crippen molar-refractivity contribution in [1.29, 1.82) is 0 Å². The quantitative estimate of drug-likeness (QED) is 0.738. The first-order chi connectivity index (χ1) is 12.1. The lowest BCUT2D eigenvalue weighted by molar-refractivity contribution is -0.117. The Morgan fingerprint density at radius 2 is 1.80 bits per heavy atom. The molecule has 0 unspecified atom stereocenters. The fraction of sp³-hybridized carbons (Fsp3) is 0.286. The van der Waals surface area contributed by atoms with Gasteiger partial charge in [-0.2, -0.15) is 5.10 Å². The number of rotatable bonds is 4. The van der Waals surface area contributed by atoms with Crippen molar-refractivity contribution in [2.75, 3.05) is 0 Å². The predicted octanol–water partition coefficient (Wildman–Crippen LogP) is 2.78. The van der Waals surface area contributed by atoms with Crippen molar-refractivity contribution in [1.82, 2.24) is 9.78 Å². The average molecular weight is 332 g/mol. The van der Waals surface area contributed by atoms with Crippen molar-refractivity contribution in [2.24, 2.45) is 7.05 Å². The van der Waals surface area contributed by atoms with Crippen LogP contribution in [-0.4, -0.2) is 15.6 Å². The van der Waals surface area contributed by atoms with E-state index in [1.807, 2.05) is 18.2 Å². The van der Waals surface area contributed by atoms with Gasteiger partial charge in [-0.25, -0.2) is 4.68 Å². The molecule has 0 saturated carbocycles. The van der Waals surface area contributed by atoms with E-state index >= 15 is 0 Å². The van der Waals surface area contributed by atoms with E-state index in [4.69, 9.17) is 0 Å². The molecule has 4 nitrogen and oxygen atoms in total. The lowest BCUT2D eigenvalue weighted by Crippen LogP contribution is -2.22. The molecule has 1 aliphatic rings. The van der Waals surface area contributed by atoms with Gasteiger partial charge in [0.15, 0.2) is 0 Å². The third kappa shape index (κ3) is 3.00. The smallest absolute Gasteiger partial charge is 0.274 e. The number of hydrogen-bond donors (Lipinski definition) is 0. The summed E-state index contributed by atoms with van der Waals surface area (Å²) in [5.74, 6) is 0.120. The molecular formula is C21H20N2O2. The van der Waals surface area contributed by atoms with Crippen LogP contribution >= 0.6 is 0 Å². The molecule has 1 heterocycles. The summed E-state index contributed by atoms with van der Waals surface area (Å²) in [6.45, 7) is 0. The number of fused-ring (bicyclic) bond motifs is 2. The number of carbonyl (C=O) groups excluding carboxylic acids is 1. The molecule has 0 saturated heterocycles. The van der Waals surface area contributed by atoms with Gasteiger partial charge in [0.25, 0.3) is 5.56 Å². The van der Waals surface area contributed by atoms with Gasteiger partial charge in [-0.1, -0.05) is 36.4 Å². The van der Waals surface area contributed by atoms with Gasteiger partial charge in [-0.3, -0.25) is 9.59 Å². The van der Waals surface area contributed by atoms with Crippen LogP contribution in [0.4, 0.5) is 0 Å². The van der Waals surface area contributed by atoms with Crippen LogP contribution in [0, 0.1) is 0 Å². The minimum absolute atomic E-state index is 0.120. The highest BCUT2D eigenvalue weighted by molar-refractivity contribution is 5.90. The standard InChI is InChI=1S/C21H20N2O2/c1-23-21(25)19-8-3-2-7-18(19)20(22-23)13-17(24)12-14-9-10-15-5-4-6-16(15)11-14/h2-3,7-11H,4-6,12-13H2,1H3. The number of nitrogens with zero attached hydrogens (tertiary/aromatic N) is 2. The molecular weight excluding hydrogens is 312 g/mol. The Balaban J connectivity index is 1.60. The molecule has 0 aliphatic heterocycles. The van der Waals surface area contributed by atoms with Gasteiger partial charge in [0, 0.05) is 18.9 Å². The molecule has 0 spiro atoms. The second-order valence-corrected chi connectivity index (χ2v) is 6.77. The minimum atomic E-state index is -0.134. The van der Waals surface area contributed by atoms with Gasteiger partial charge in [-0.15, -0.1) is 0 Å². The molecule has 2 aromatic carbocycles. The summed E-state index contributed by atoms with van der Waals surface area (Å²) < 4.78 is 1.32. The van der Waals surface area contributed by atoms with Crippen LogP contribution in [0.15, 0.2) is 47.3 Å². The molecule has 1 aliphatic carbocycles. The number of carbonyl (C=O) groups is 1. The Hall–Kier alpha value is -2.75. The van der Waals surface area contributed by atoms with Gasteiger partial charge in [0.2, 0.25) is 0 Å². The number of aryl methyl sites for hydroxylation is 3. The first kappa shape index (κ1) is 15.8. The molecule has 0 amide bonds. The summed E-state index contributed by atoms with van der Waals surface area (Å²) >= 11 is 0. The molecule has 126 valence electrons. The fourth-order valence-corrected chi connectivity index (χ4v) is 3.72. The van der Waals surface area contributed by atoms with Gasteiger partial charge in [0.05, 0.1) is 17.5 Å². The van der Waals surface area contributed by atoms with E-state index in [1.165, 1.54) is 22.2 Å². The number of hydrogen-bond acceptors (Lipinski definition) is 3. The lowest BCUT2D eigenvalue weighted by atomic mass is 10.00. The SMILES string of the molecule is Cn1nc(CC(=O)Cc2ccc3c(c2)CCC3)c2ccccc2c1=O. The highest BCUT2D eigenvalue weighted by Crippen LogP contribution is 2.23. The van der Waals surface area contributed by atoms with E-state index in [-0.39, 0.29) is 17.8 Å². The van der Waals surface area contributed by atoms with Crippen LogP contribution in [0.25, 0.3) is 10.8 Å². The minimum Gasteiger partial charge on any atom is -0.299 e. The summed E-state index contributed by atoms with van der Waals surface area (Å²) in [7, 11) is 1.63. The van der Waals surface area contributed by atoms with Gasteiger partial charge in [-0.05, 0) is 42.0 Å². The molecule has 0 radical (unpaired) electrons. The third-order valence-electron chi connectivity index (χ3n) is 4.96. The summed E-state index contributed by atoms with van der Waals surface area (Å²) in [5.41, 5.74) is 4.41. The van der Waals surface area contributed by atoms with E-state index in [9.17, 15) is 9.59 Å². The van der Waals surface area contributed by atoms with Crippen LogP contribution in [0.1, 0.15) is 28.8 Å². The molecule has 0 N–H and O–H groups in total. The highest BCUT2D eigenvalue weighted by atomic mass is 16.1. The Morgan fingerprint density at radius 3 is 2.64 bits per heavy atom. The number of benzene rings is 2. The molecule has 0 fully saturated rings. The molecule has 1 aromatic heterocycles. The highest BCUT2D eigenvalue weighted by Gasteiger charge is 2.15. The summed E-state index contributed by atoms with van der Waals surface area (Å²) in [6, 6.07) is 13.7. The second-order valence-electron chi connectivity index (χ2n) is 6.77. The van der Waals surface area contributed by atoms with Crippen molar-refractivity contribution >= 4 is 16.6 Å². The van der Waals surface area contributed by atoms with E-state index in [0.717, 1.165) is 23.8 Å². The van der Waals surface area contributed by atoms with Crippen molar-refractivity contribution in [2.45, 2.75) is 32.1 Å². The van der Waals surface area contributed by atoms with Crippen molar-refractivity contribution in [3.8, 4) is 0 Å². The van der Waals surface area contributed by atoms with Crippen LogP contribution in [-0.2, 0) is 37.5 Å². The number of ketones is 1. The molecule has 4 rings (SSSR count). The molecule has 0 bridgehead atoms. The zero-order valence-electron chi connectivity index (χ0n) is 14.3. The number of aromatic nitrogens is 2. The van der Waals surface area contributed by atoms with E-state index in [1.54, 1.807) is 13.1 Å². The maximum Gasteiger partial charge on any atom is 0.274 e. The lowest BCUT2D eigenvalue weighted by Gasteiger charge is -2.08. The predicted molar refractivity (Wildman–Crippen MR) is 97.9 cm³/mol. The van der Waals surface area contributed by atoms with E-state index in [0.29, 0.717) is 17.5 Å². The number of Topliss-reactive ketones (excluding diaryl/α,β-unsaturated/α-hetero) is 1. The zero-order chi connectivity index (χ0) is 17.4. The maximum atomic E-state index is 12.6. The Labute approximate surface area is 146 Å². The third-order valence-corrected chi connectivity index (χ3v) is 4.96. The normalized spacial score (nSPS) is 13.2. The van der Waals surface area contributed by atoms with E-state index < -0.39 is 0 Å². The van der Waals surface area contributed by atoms with Crippen LogP contribution in [0.2, 0.25) is 0 Å². The first-order valence-electron chi connectivity index (χ1n) is 8.69. The molecule has 4 heteroatoms.